The van der Waals surface area contributed by atoms with Crippen LogP contribution in [0, 0.1) is 5.92 Å². The molecule has 1 saturated heterocycles. The van der Waals surface area contributed by atoms with Gasteiger partial charge >= 0.3 is 0 Å². The Balaban J connectivity index is 1.64. The minimum atomic E-state index is 0.831. The molecule has 0 aromatic heterocycles. The van der Waals surface area contributed by atoms with Gasteiger partial charge in [0.15, 0.2) is 0 Å². The van der Waals surface area contributed by atoms with E-state index >= 15 is 0 Å². The average Bonchev–Trinajstić information content (AvgIpc) is 2.67. The highest BCUT2D eigenvalue weighted by molar-refractivity contribution is 7.99. The first kappa shape index (κ1) is 10.8. The van der Waals surface area contributed by atoms with Crippen molar-refractivity contribution in [1.29, 1.82) is 0 Å². The lowest BCUT2D eigenvalue weighted by Crippen LogP contribution is -2.26. The summed E-state index contributed by atoms with van der Waals surface area (Å²) in [5.41, 5.74) is 0. The van der Waals surface area contributed by atoms with Gasteiger partial charge in [-0.3, -0.25) is 0 Å². The van der Waals surface area contributed by atoms with Gasteiger partial charge in [-0.05, 0) is 38.1 Å². The second-order valence-electron chi connectivity index (χ2n) is 5.02. The van der Waals surface area contributed by atoms with E-state index in [0.29, 0.717) is 0 Å². The minimum Gasteiger partial charge on any atom is -0.313 e. The Bertz CT molecular complexity index is 166. The lowest BCUT2D eigenvalue weighted by atomic mass is 9.91. The number of rotatable bonds is 3. The smallest absolute Gasteiger partial charge is 0.0158 e. The van der Waals surface area contributed by atoms with Crippen LogP contribution in [-0.4, -0.2) is 23.6 Å². The van der Waals surface area contributed by atoms with Crippen molar-refractivity contribution in [3.63, 3.8) is 0 Å². The molecule has 0 spiro atoms. The van der Waals surface area contributed by atoms with Gasteiger partial charge in [0.1, 0.15) is 0 Å². The van der Waals surface area contributed by atoms with Crippen LogP contribution in [0.1, 0.15) is 45.4 Å². The third-order valence-corrected chi connectivity index (χ3v) is 5.08. The fourth-order valence-electron chi connectivity index (χ4n) is 2.68. The van der Waals surface area contributed by atoms with Crippen LogP contribution in [0.5, 0.6) is 0 Å². The highest BCUT2D eigenvalue weighted by Gasteiger charge is 2.21. The van der Waals surface area contributed by atoms with Gasteiger partial charge in [0.25, 0.3) is 0 Å². The summed E-state index contributed by atoms with van der Waals surface area (Å²) in [6, 6.07) is 0.831. The molecule has 0 bridgehead atoms. The van der Waals surface area contributed by atoms with Crippen molar-refractivity contribution in [3.05, 3.63) is 0 Å². The van der Waals surface area contributed by atoms with Crippen LogP contribution < -0.4 is 5.32 Å². The molecule has 0 amide bonds. The van der Waals surface area contributed by atoms with Crippen LogP contribution in [0.15, 0.2) is 0 Å². The molecule has 2 aliphatic rings. The topological polar surface area (TPSA) is 12.0 Å². The van der Waals surface area contributed by atoms with Crippen molar-refractivity contribution >= 4 is 11.8 Å². The van der Waals surface area contributed by atoms with Crippen LogP contribution >= 0.6 is 11.8 Å². The second-order valence-corrected chi connectivity index (χ2v) is 6.35. The van der Waals surface area contributed by atoms with Crippen LogP contribution in [-0.2, 0) is 0 Å². The molecule has 1 aliphatic heterocycles. The van der Waals surface area contributed by atoms with Gasteiger partial charge in [-0.2, -0.15) is 11.8 Å². The predicted molar refractivity (Wildman–Crippen MR) is 64.9 cm³/mol. The number of hydrogen-bond donors (Lipinski definition) is 1. The van der Waals surface area contributed by atoms with Crippen LogP contribution in [0.2, 0.25) is 0 Å². The summed E-state index contributed by atoms with van der Waals surface area (Å²) in [5.74, 6) is 2.34. The average molecular weight is 213 g/mol. The van der Waals surface area contributed by atoms with E-state index in [4.69, 9.17) is 0 Å². The van der Waals surface area contributed by atoms with Crippen molar-refractivity contribution in [2.75, 3.05) is 12.3 Å². The van der Waals surface area contributed by atoms with Gasteiger partial charge in [0, 0.05) is 17.0 Å². The van der Waals surface area contributed by atoms with E-state index in [9.17, 15) is 0 Å². The summed E-state index contributed by atoms with van der Waals surface area (Å²) >= 11 is 2.24. The van der Waals surface area contributed by atoms with Crippen molar-refractivity contribution in [3.8, 4) is 0 Å². The van der Waals surface area contributed by atoms with Crippen molar-refractivity contribution in [2.45, 2.75) is 56.7 Å². The first-order chi connectivity index (χ1) is 6.84. The maximum atomic E-state index is 3.59. The number of thioether (sulfide) groups is 1. The summed E-state index contributed by atoms with van der Waals surface area (Å²) in [5, 5.41) is 4.56. The summed E-state index contributed by atoms with van der Waals surface area (Å²) < 4.78 is 0. The highest BCUT2D eigenvalue weighted by atomic mass is 32.2. The SMILES string of the molecule is CC1CCCC(SC[C@@H]2CCCN2)C1. The van der Waals surface area contributed by atoms with Gasteiger partial charge in [0.2, 0.25) is 0 Å². The second kappa shape index (κ2) is 5.41. The monoisotopic (exact) mass is 213 g/mol. The molecule has 1 saturated carbocycles. The van der Waals surface area contributed by atoms with Crippen molar-refractivity contribution in [2.24, 2.45) is 5.92 Å². The van der Waals surface area contributed by atoms with Crippen LogP contribution in [0.3, 0.4) is 0 Å². The molecule has 1 heterocycles. The summed E-state index contributed by atoms with van der Waals surface area (Å²) in [6.07, 6.45) is 8.69. The Morgan fingerprint density at radius 1 is 1.21 bits per heavy atom. The molecule has 2 unspecified atom stereocenters. The number of nitrogens with one attached hydrogen (secondary N) is 1. The Morgan fingerprint density at radius 2 is 2.14 bits per heavy atom. The zero-order valence-electron chi connectivity index (χ0n) is 9.30. The first-order valence-electron chi connectivity index (χ1n) is 6.19. The molecule has 0 aromatic carbocycles. The third-order valence-electron chi connectivity index (χ3n) is 3.58. The zero-order chi connectivity index (χ0) is 9.80. The lowest BCUT2D eigenvalue weighted by molar-refractivity contribution is 0.394. The molecule has 1 nitrogen and oxygen atoms in total. The molecule has 1 aliphatic carbocycles. The molecular formula is C12H23NS. The molecule has 2 rings (SSSR count). The standard InChI is InChI=1S/C12H23NS/c1-10-4-2-6-12(8-10)14-9-11-5-3-7-13-11/h10-13H,2-9H2,1H3/t10?,11-,12?/m0/s1. The lowest BCUT2D eigenvalue weighted by Gasteiger charge is -2.27. The quantitative estimate of drug-likeness (QED) is 0.773. The van der Waals surface area contributed by atoms with Gasteiger partial charge in [-0.25, -0.2) is 0 Å². The van der Waals surface area contributed by atoms with Gasteiger partial charge in [0.05, 0.1) is 0 Å². The van der Waals surface area contributed by atoms with Gasteiger partial charge in [-0.15, -0.1) is 0 Å². The molecule has 1 N–H and O–H groups in total. The molecular weight excluding hydrogens is 190 g/mol. The maximum absolute atomic E-state index is 3.59. The van der Waals surface area contributed by atoms with E-state index in [1.807, 2.05) is 0 Å². The summed E-state index contributed by atoms with van der Waals surface area (Å²) in [4.78, 5) is 0. The van der Waals surface area contributed by atoms with E-state index in [-0.39, 0.29) is 0 Å². The fourth-order valence-corrected chi connectivity index (χ4v) is 4.27. The Kier molecular flexibility index (Phi) is 4.18. The van der Waals surface area contributed by atoms with E-state index in [2.05, 4.69) is 24.0 Å². The molecule has 2 heteroatoms. The molecule has 14 heavy (non-hydrogen) atoms. The zero-order valence-corrected chi connectivity index (χ0v) is 10.1. The summed E-state index contributed by atoms with van der Waals surface area (Å²) in [7, 11) is 0. The van der Waals surface area contributed by atoms with E-state index in [1.165, 1.54) is 50.8 Å². The normalized spacial score (nSPS) is 38.8. The van der Waals surface area contributed by atoms with E-state index < -0.39 is 0 Å². The molecule has 3 atom stereocenters. The molecule has 0 radical (unpaired) electrons. The van der Waals surface area contributed by atoms with Gasteiger partial charge in [-0.1, -0.05) is 19.8 Å². The molecule has 2 fully saturated rings. The highest BCUT2D eigenvalue weighted by Crippen LogP contribution is 2.32. The van der Waals surface area contributed by atoms with Crippen molar-refractivity contribution in [1.82, 2.24) is 5.32 Å². The predicted octanol–water partition coefficient (Wildman–Crippen LogP) is 3.05. The molecule has 82 valence electrons. The largest absolute Gasteiger partial charge is 0.313 e. The van der Waals surface area contributed by atoms with Crippen molar-refractivity contribution < 1.29 is 0 Å². The third kappa shape index (κ3) is 3.16. The van der Waals surface area contributed by atoms with Crippen LogP contribution in [0.4, 0.5) is 0 Å². The van der Waals surface area contributed by atoms with Crippen LogP contribution in [0.25, 0.3) is 0 Å². The first-order valence-corrected chi connectivity index (χ1v) is 7.24. The Hall–Kier alpha value is 0.310. The maximum Gasteiger partial charge on any atom is 0.0158 e. The Morgan fingerprint density at radius 3 is 2.86 bits per heavy atom. The fraction of sp³-hybridized carbons (Fsp3) is 1.00. The molecule has 0 aromatic rings. The van der Waals surface area contributed by atoms with E-state index in [1.54, 1.807) is 0 Å². The van der Waals surface area contributed by atoms with Gasteiger partial charge < -0.3 is 5.32 Å². The number of hydrogen-bond acceptors (Lipinski definition) is 2. The minimum absolute atomic E-state index is 0.831. The van der Waals surface area contributed by atoms with E-state index in [0.717, 1.165) is 17.2 Å². The Labute approximate surface area is 92.4 Å². The summed E-state index contributed by atoms with van der Waals surface area (Å²) in [6.45, 7) is 3.67.